The Labute approximate surface area is 114 Å². The van der Waals surface area contributed by atoms with Crippen molar-refractivity contribution >= 4 is 23.2 Å². The molecular formula is C12H13ClF3N3. The minimum atomic E-state index is -4.58. The minimum Gasteiger partial charge on any atom is -0.395 e. The number of nitrogens with two attached hydrogens (primary N) is 1. The summed E-state index contributed by atoms with van der Waals surface area (Å²) in [5, 5.41) is 0. The summed E-state index contributed by atoms with van der Waals surface area (Å²) in [6.07, 6.45) is -3.82. The Bertz CT molecular complexity index is 495. The molecule has 0 radical (unpaired) electrons. The maximum Gasteiger partial charge on any atom is 0.430 e. The summed E-state index contributed by atoms with van der Waals surface area (Å²) in [5.74, 6) is 0. The average Bonchev–Trinajstić information content (AvgIpc) is 2.27. The molecule has 0 saturated heterocycles. The third-order valence-electron chi connectivity index (χ3n) is 2.17. The van der Waals surface area contributed by atoms with Gasteiger partial charge < -0.3 is 5.73 Å². The number of halogens is 4. The Morgan fingerprint density at radius 3 is 2.68 bits per heavy atom. The van der Waals surface area contributed by atoms with Gasteiger partial charge in [0.2, 0.25) is 0 Å². The molecule has 0 saturated carbocycles. The number of rotatable bonds is 4. The summed E-state index contributed by atoms with van der Waals surface area (Å²) in [6.45, 7) is 1.82. The van der Waals surface area contributed by atoms with Gasteiger partial charge in [-0.3, -0.25) is 4.99 Å². The van der Waals surface area contributed by atoms with Crippen molar-refractivity contribution in [2.75, 3.05) is 6.54 Å². The Balaban J connectivity index is 3.07. The first-order chi connectivity index (χ1) is 8.82. The second-order valence-electron chi connectivity index (χ2n) is 3.85. The van der Waals surface area contributed by atoms with E-state index >= 15 is 0 Å². The van der Waals surface area contributed by atoms with Crippen LogP contribution in [0.4, 0.5) is 18.9 Å². The molecule has 0 fully saturated rings. The van der Waals surface area contributed by atoms with Gasteiger partial charge in [-0.15, -0.1) is 0 Å². The minimum absolute atomic E-state index is 0.0354. The fourth-order valence-electron chi connectivity index (χ4n) is 1.32. The fraction of sp³-hybridized carbons (Fsp3) is 0.250. The highest BCUT2D eigenvalue weighted by Gasteiger charge is 2.31. The van der Waals surface area contributed by atoms with E-state index < -0.39 is 11.9 Å². The molecule has 0 amide bonds. The predicted molar refractivity (Wildman–Crippen MR) is 70.5 cm³/mol. The van der Waals surface area contributed by atoms with Crippen molar-refractivity contribution in [2.45, 2.75) is 13.1 Å². The van der Waals surface area contributed by atoms with Crippen LogP contribution in [-0.2, 0) is 0 Å². The number of aliphatic imine (C=N–C) groups is 1. The van der Waals surface area contributed by atoms with Crippen molar-refractivity contribution in [1.82, 2.24) is 4.84 Å². The second-order valence-corrected chi connectivity index (χ2v) is 4.12. The molecule has 0 atom stereocenters. The number of benzene rings is 1. The zero-order valence-electron chi connectivity index (χ0n) is 10.1. The standard InChI is InChI=1S/C12H13ClF3N3/c1-8-3-2-4-9(5-8)19-10(7-18-13)6-11(17)12(14,15)16/h2-6,18H,7,17H2,1H3. The molecule has 3 N–H and O–H groups in total. The zero-order valence-corrected chi connectivity index (χ0v) is 10.9. The van der Waals surface area contributed by atoms with Gasteiger partial charge in [0.25, 0.3) is 0 Å². The number of hydrogen-bond donors (Lipinski definition) is 2. The number of allylic oxidation sites excluding steroid dienone is 1. The van der Waals surface area contributed by atoms with E-state index in [-0.39, 0.29) is 12.3 Å². The lowest BCUT2D eigenvalue weighted by Crippen LogP contribution is -2.22. The maximum absolute atomic E-state index is 12.4. The molecule has 0 aliphatic carbocycles. The summed E-state index contributed by atoms with van der Waals surface area (Å²) >= 11 is 5.31. The average molecular weight is 292 g/mol. The summed E-state index contributed by atoms with van der Waals surface area (Å²) in [4.78, 5) is 6.31. The number of alkyl halides is 3. The monoisotopic (exact) mass is 291 g/mol. The molecule has 104 valence electrons. The largest absolute Gasteiger partial charge is 0.430 e. The third kappa shape index (κ3) is 5.32. The smallest absolute Gasteiger partial charge is 0.395 e. The number of aryl methyl sites for hydroxylation is 1. The van der Waals surface area contributed by atoms with Gasteiger partial charge in [0, 0.05) is 0 Å². The van der Waals surface area contributed by atoms with Crippen LogP contribution in [0.1, 0.15) is 5.56 Å². The van der Waals surface area contributed by atoms with Gasteiger partial charge in [-0.1, -0.05) is 12.1 Å². The molecule has 1 rings (SSSR count). The lowest BCUT2D eigenvalue weighted by Gasteiger charge is -2.07. The van der Waals surface area contributed by atoms with E-state index in [9.17, 15) is 13.2 Å². The summed E-state index contributed by atoms with van der Waals surface area (Å²) in [5.41, 5.74) is 5.31. The van der Waals surface area contributed by atoms with Gasteiger partial charge in [0.1, 0.15) is 5.70 Å². The van der Waals surface area contributed by atoms with Crippen LogP contribution in [0.2, 0.25) is 0 Å². The Morgan fingerprint density at radius 1 is 1.47 bits per heavy atom. The van der Waals surface area contributed by atoms with E-state index in [1.807, 2.05) is 13.0 Å². The number of nitrogens with zero attached hydrogens (tertiary/aromatic N) is 1. The Kier molecular flexibility index (Phi) is 5.38. The molecule has 19 heavy (non-hydrogen) atoms. The molecule has 0 bridgehead atoms. The first kappa shape index (κ1) is 15.5. The highest BCUT2D eigenvalue weighted by atomic mass is 35.5. The Hall–Kier alpha value is -1.53. The first-order valence-corrected chi connectivity index (χ1v) is 5.73. The third-order valence-corrected chi connectivity index (χ3v) is 2.31. The van der Waals surface area contributed by atoms with Crippen LogP contribution in [0, 0.1) is 6.92 Å². The highest BCUT2D eigenvalue weighted by Crippen LogP contribution is 2.22. The van der Waals surface area contributed by atoms with E-state index in [4.69, 9.17) is 17.5 Å². The molecule has 0 heterocycles. The van der Waals surface area contributed by atoms with Crippen LogP contribution in [0.5, 0.6) is 0 Å². The topological polar surface area (TPSA) is 50.4 Å². The van der Waals surface area contributed by atoms with Crippen molar-refractivity contribution in [3.63, 3.8) is 0 Å². The van der Waals surface area contributed by atoms with Crippen LogP contribution >= 0.6 is 11.8 Å². The quantitative estimate of drug-likeness (QED) is 0.661. The first-order valence-electron chi connectivity index (χ1n) is 5.35. The molecule has 0 unspecified atom stereocenters. The Morgan fingerprint density at radius 2 is 2.16 bits per heavy atom. The van der Waals surface area contributed by atoms with Crippen LogP contribution in [0.25, 0.3) is 0 Å². The lowest BCUT2D eigenvalue weighted by atomic mass is 10.2. The van der Waals surface area contributed by atoms with E-state index in [2.05, 4.69) is 9.83 Å². The number of nitrogens with one attached hydrogen (secondary N) is 1. The van der Waals surface area contributed by atoms with E-state index in [1.165, 1.54) is 0 Å². The van der Waals surface area contributed by atoms with Crippen molar-refractivity contribution in [1.29, 1.82) is 0 Å². The second kappa shape index (κ2) is 6.58. The van der Waals surface area contributed by atoms with Crippen molar-refractivity contribution in [3.8, 4) is 0 Å². The lowest BCUT2D eigenvalue weighted by molar-refractivity contribution is -0.0925. The molecule has 0 aliphatic rings. The summed E-state index contributed by atoms with van der Waals surface area (Å²) in [7, 11) is 0. The molecule has 7 heteroatoms. The highest BCUT2D eigenvalue weighted by molar-refractivity contribution is 6.15. The van der Waals surface area contributed by atoms with Crippen LogP contribution < -0.4 is 10.6 Å². The molecule has 3 nitrogen and oxygen atoms in total. The van der Waals surface area contributed by atoms with Gasteiger partial charge in [-0.05, 0) is 42.5 Å². The van der Waals surface area contributed by atoms with Crippen LogP contribution in [0.15, 0.2) is 41.0 Å². The normalized spacial score (nSPS) is 13.7. The van der Waals surface area contributed by atoms with Gasteiger partial charge in [-0.25, -0.2) is 4.84 Å². The van der Waals surface area contributed by atoms with E-state index in [0.29, 0.717) is 5.69 Å². The van der Waals surface area contributed by atoms with Gasteiger partial charge in [-0.2, -0.15) is 13.2 Å². The van der Waals surface area contributed by atoms with Crippen molar-refractivity contribution < 1.29 is 13.2 Å². The van der Waals surface area contributed by atoms with Crippen molar-refractivity contribution in [2.24, 2.45) is 10.7 Å². The molecular weight excluding hydrogens is 279 g/mol. The predicted octanol–water partition coefficient (Wildman–Crippen LogP) is 3.22. The number of hydrogen-bond acceptors (Lipinski definition) is 3. The zero-order chi connectivity index (χ0) is 14.5. The molecule has 0 aliphatic heterocycles. The summed E-state index contributed by atoms with van der Waals surface area (Å²) < 4.78 is 37.1. The van der Waals surface area contributed by atoms with Crippen LogP contribution in [-0.4, -0.2) is 18.4 Å². The van der Waals surface area contributed by atoms with Crippen molar-refractivity contribution in [3.05, 3.63) is 41.6 Å². The van der Waals surface area contributed by atoms with E-state index in [1.54, 1.807) is 18.2 Å². The van der Waals surface area contributed by atoms with Gasteiger partial charge in [0.05, 0.1) is 17.9 Å². The fourth-order valence-corrected chi connectivity index (χ4v) is 1.45. The van der Waals surface area contributed by atoms with Crippen LogP contribution in [0.3, 0.4) is 0 Å². The molecule has 1 aromatic carbocycles. The molecule has 1 aromatic rings. The van der Waals surface area contributed by atoms with Gasteiger partial charge >= 0.3 is 6.18 Å². The molecule has 0 spiro atoms. The maximum atomic E-state index is 12.4. The SMILES string of the molecule is Cc1cccc(N=C(C=C(N)C(F)(F)F)CNCl)c1. The summed E-state index contributed by atoms with van der Waals surface area (Å²) in [6, 6.07) is 7.04. The molecule has 0 aromatic heterocycles. The van der Waals surface area contributed by atoms with Gasteiger partial charge in [0.15, 0.2) is 0 Å². The van der Waals surface area contributed by atoms with E-state index in [0.717, 1.165) is 11.6 Å².